The zero-order chi connectivity index (χ0) is 14.7. The van der Waals surface area contributed by atoms with E-state index in [1.165, 1.54) is 24.4 Å². The van der Waals surface area contributed by atoms with Crippen LogP contribution in [0.5, 0.6) is 0 Å². The van der Waals surface area contributed by atoms with Gasteiger partial charge in [-0.25, -0.2) is 13.8 Å². The lowest BCUT2D eigenvalue weighted by Crippen LogP contribution is -2.10. The maximum atomic E-state index is 13.2. The Labute approximate surface area is 113 Å². The second-order valence-corrected chi connectivity index (χ2v) is 4.17. The van der Waals surface area contributed by atoms with Crippen LogP contribution < -0.4 is 5.32 Å². The van der Waals surface area contributed by atoms with Gasteiger partial charge in [-0.1, -0.05) is 6.07 Å². The average Bonchev–Trinajstić information content (AvgIpc) is 2.42. The van der Waals surface area contributed by atoms with Crippen LogP contribution in [0.15, 0.2) is 36.5 Å². The number of aromatic nitrogens is 1. The number of nitro groups is 1. The summed E-state index contributed by atoms with van der Waals surface area (Å²) in [7, 11) is 0. The summed E-state index contributed by atoms with van der Waals surface area (Å²) in [5.74, 6) is -1.83. The van der Waals surface area contributed by atoms with E-state index in [-0.39, 0.29) is 11.5 Å². The number of halogens is 2. The first-order chi connectivity index (χ1) is 9.49. The van der Waals surface area contributed by atoms with Crippen molar-refractivity contribution in [3.8, 4) is 0 Å². The summed E-state index contributed by atoms with van der Waals surface area (Å²) in [6.07, 6.45) is 1.41. The molecule has 0 bridgehead atoms. The smallest absolute Gasteiger partial charge is 0.311 e. The zero-order valence-corrected chi connectivity index (χ0v) is 10.5. The van der Waals surface area contributed by atoms with Gasteiger partial charge in [-0.15, -0.1) is 0 Å². The SMILES string of the molecule is C[C@H](Nc1ncccc1[N+](=O)[O-])c1ccc(F)c(F)c1. The van der Waals surface area contributed by atoms with Crippen molar-refractivity contribution in [2.24, 2.45) is 0 Å². The van der Waals surface area contributed by atoms with Crippen molar-refractivity contribution in [1.29, 1.82) is 0 Å². The fourth-order valence-corrected chi connectivity index (χ4v) is 1.73. The van der Waals surface area contributed by atoms with E-state index in [2.05, 4.69) is 10.3 Å². The van der Waals surface area contributed by atoms with Crippen molar-refractivity contribution in [2.75, 3.05) is 5.32 Å². The molecule has 2 rings (SSSR count). The van der Waals surface area contributed by atoms with E-state index in [0.717, 1.165) is 12.1 Å². The van der Waals surface area contributed by atoms with Gasteiger partial charge in [-0.2, -0.15) is 0 Å². The van der Waals surface area contributed by atoms with Gasteiger partial charge in [-0.3, -0.25) is 10.1 Å². The third-order valence-corrected chi connectivity index (χ3v) is 2.78. The monoisotopic (exact) mass is 279 g/mol. The molecular formula is C13H11F2N3O2. The number of nitrogens with one attached hydrogen (secondary N) is 1. The quantitative estimate of drug-likeness (QED) is 0.687. The molecule has 0 saturated heterocycles. The number of rotatable bonds is 4. The lowest BCUT2D eigenvalue weighted by Gasteiger charge is -2.15. The standard InChI is InChI=1S/C13H11F2N3O2/c1-8(9-4-5-10(14)11(15)7-9)17-13-12(18(19)20)3-2-6-16-13/h2-8H,1H3,(H,16,17)/t8-/m0/s1. The molecule has 0 aliphatic carbocycles. The molecule has 20 heavy (non-hydrogen) atoms. The van der Waals surface area contributed by atoms with Crippen LogP contribution in [0.1, 0.15) is 18.5 Å². The Balaban J connectivity index is 2.25. The first-order valence-electron chi connectivity index (χ1n) is 5.80. The van der Waals surface area contributed by atoms with Gasteiger partial charge in [0, 0.05) is 12.3 Å². The predicted octanol–water partition coefficient (Wildman–Crippen LogP) is 3.44. The summed E-state index contributed by atoms with van der Waals surface area (Å²) in [5.41, 5.74) is 0.283. The van der Waals surface area contributed by atoms with E-state index in [0.29, 0.717) is 5.56 Å². The van der Waals surface area contributed by atoms with Gasteiger partial charge in [-0.05, 0) is 30.7 Å². The molecule has 2 aromatic rings. The fourth-order valence-electron chi connectivity index (χ4n) is 1.73. The summed E-state index contributed by atoms with van der Waals surface area (Å²) in [4.78, 5) is 14.2. The van der Waals surface area contributed by atoms with Crippen molar-refractivity contribution in [3.63, 3.8) is 0 Å². The molecule has 0 radical (unpaired) electrons. The van der Waals surface area contributed by atoms with Crippen LogP contribution in [-0.2, 0) is 0 Å². The van der Waals surface area contributed by atoms with Crippen molar-refractivity contribution in [1.82, 2.24) is 4.98 Å². The molecular weight excluding hydrogens is 268 g/mol. The molecule has 0 aliphatic heterocycles. The molecule has 104 valence electrons. The van der Waals surface area contributed by atoms with E-state index >= 15 is 0 Å². The number of benzene rings is 1. The van der Waals surface area contributed by atoms with Crippen molar-refractivity contribution < 1.29 is 13.7 Å². The molecule has 1 N–H and O–H groups in total. The molecule has 1 heterocycles. The molecule has 0 fully saturated rings. The van der Waals surface area contributed by atoms with E-state index in [9.17, 15) is 18.9 Å². The first kappa shape index (κ1) is 13.9. The molecule has 0 aliphatic rings. The summed E-state index contributed by atoms with van der Waals surface area (Å²) in [6, 6.07) is 5.76. The molecule has 0 unspecified atom stereocenters. The molecule has 0 saturated carbocycles. The van der Waals surface area contributed by atoms with E-state index in [1.54, 1.807) is 6.92 Å². The fraction of sp³-hybridized carbons (Fsp3) is 0.154. The number of pyridine rings is 1. The first-order valence-corrected chi connectivity index (χ1v) is 5.80. The highest BCUT2D eigenvalue weighted by Crippen LogP contribution is 2.26. The Kier molecular flexibility index (Phi) is 3.88. The second-order valence-electron chi connectivity index (χ2n) is 4.17. The van der Waals surface area contributed by atoms with Gasteiger partial charge in [0.2, 0.25) is 5.82 Å². The second kappa shape index (κ2) is 5.60. The van der Waals surface area contributed by atoms with Gasteiger partial charge >= 0.3 is 5.69 Å². The Morgan fingerprint density at radius 1 is 1.30 bits per heavy atom. The number of anilines is 1. The summed E-state index contributed by atoms with van der Waals surface area (Å²) in [5, 5.41) is 13.7. The van der Waals surface area contributed by atoms with Gasteiger partial charge in [0.15, 0.2) is 11.6 Å². The lowest BCUT2D eigenvalue weighted by atomic mass is 10.1. The maximum absolute atomic E-state index is 13.2. The number of hydrogen-bond donors (Lipinski definition) is 1. The minimum absolute atomic E-state index is 0.0785. The maximum Gasteiger partial charge on any atom is 0.311 e. The molecule has 1 aromatic heterocycles. The van der Waals surface area contributed by atoms with Crippen molar-refractivity contribution >= 4 is 11.5 Å². The third-order valence-electron chi connectivity index (χ3n) is 2.78. The van der Waals surface area contributed by atoms with Crippen LogP contribution in [0.2, 0.25) is 0 Å². The Morgan fingerprint density at radius 3 is 2.70 bits per heavy atom. The minimum Gasteiger partial charge on any atom is -0.358 e. The van der Waals surface area contributed by atoms with Gasteiger partial charge < -0.3 is 5.32 Å². The Hall–Kier alpha value is -2.57. The van der Waals surface area contributed by atoms with Gasteiger partial charge in [0.05, 0.1) is 11.0 Å². The topological polar surface area (TPSA) is 68.1 Å². The molecule has 0 spiro atoms. The largest absolute Gasteiger partial charge is 0.358 e. The molecule has 0 amide bonds. The third kappa shape index (κ3) is 2.87. The highest BCUT2D eigenvalue weighted by Gasteiger charge is 2.17. The summed E-state index contributed by atoms with van der Waals surface area (Å²) in [6.45, 7) is 1.67. The molecule has 1 atom stereocenters. The lowest BCUT2D eigenvalue weighted by molar-refractivity contribution is -0.384. The van der Waals surface area contributed by atoms with Gasteiger partial charge in [0.25, 0.3) is 0 Å². The van der Waals surface area contributed by atoms with E-state index in [4.69, 9.17) is 0 Å². The average molecular weight is 279 g/mol. The van der Waals surface area contributed by atoms with Crippen LogP contribution >= 0.6 is 0 Å². The van der Waals surface area contributed by atoms with Crippen LogP contribution in [0.4, 0.5) is 20.3 Å². The normalized spacial score (nSPS) is 11.9. The van der Waals surface area contributed by atoms with Gasteiger partial charge in [0.1, 0.15) is 0 Å². The highest BCUT2D eigenvalue weighted by atomic mass is 19.2. The zero-order valence-electron chi connectivity index (χ0n) is 10.5. The van der Waals surface area contributed by atoms with Crippen molar-refractivity contribution in [2.45, 2.75) is 13.0 Å². The molecule has 5 nitrogen and oxygen atoms in total. The van der Waals surface area contributed by atoms with E-state index < -0.39 is 22.6 Å². The summed E-state index contributed by atoms with van der Waals surface area (Å²) < 4.78 is 26.0. The van der Waals surface area contributed by atoms with Crippen LogP contribution in [0, 0.1) is 21.7 Å². The summed E-state index contributed by atoms with van der Waals surface area (Å²) >= 11 is 0. The van der Waals surface area contributed by atoms with Crippen LogP contribution in [0.3, 0.4) is 0 Å². The van der Waals surface area contributed by atoms with Crippen molar-refractivity contribution in [3.05, 3.63) is 63.8 Å². The number of nitrogens with zero attached hydrogens (tertiary/aromatic N) is 2. The highest BCUT2D eigenvalue weighted by molar-refractivity contribution is 5.56. The molecule has 7 heteroatoms. The predicted molar refractivity (Wildman–Crippen MR) is 69.3 cm³/mol. The van der Waals surface area contributed by atoms with Crippen LogP contribution in [-0.4, -0.2) is 9.91 Å². The number of hydrogen-bond acceptors (Lipinski definition) is 4. The Bertz CT molecular complexity index is 649. The Morgan fingerprint density at radius 2 is 2.05 bits per heavy atom. The van der Waals surface area contributed by atoms with E-state index in [1.807, 2.05) is 0 Å². The minimum atomic E-state index is -0.966. The van der Waals surface area contributed by atoms with Crippen LogP contribution in [0.25, 0.3) is 0 Å². The molecule has 1 aromatic carbocycles.